The number of aryl methyl sites for hydroxylation is 1. The smallest absolute Gasteiger partial charge is 0.337 e. The van der Waals surface area contributed by atoms with E-state index in [0.717, 1.165) is 24.9 Å². The average molecular weight is 407 g/mol. The summed E-state index contributed by atoms with van der Waals surface area (Å²) in [6.07, 6.45) is 16.4. The number of pyridine rings is 1. The van der Waals surface area contributed by atoms with Gasteiger partial charge in [0.2, 0.25) is 0 Å². The molecule has 0 saturated heterocycles. The van der Waals surface area contributed by atoms with E-state index in [1.165, 1.54) is 0 Å². The number of carbonyl (C=O) groups excluding carboxylic acids is 2. The SMILES string of the molecule is C#CCOC(=O)C1=C(C)NC(C)=C(C(=O)OCC#C)C1c1ccc[n+](CCCC)c1. The van der Waals surface area contributed by atoms with Crippen molar-refractivity contribution < 1.29 is 23.6 Å². The van der Waals surface area contributed by atoms with Crippen LogP contribution in [0, 0.1) is 24.7 Å². The van der Waals surface area contributed by atoms with E-state index in [9.17, 15) is 9.59 Å². The summed E-state index contributed by atoms with van der Waals surface area (Å²) in [6.45, 7) is 6.16. The molecule has 0 aromatic carbocycles. The molecular weight excluding hydrogens is 380 g/mol. The Morgan fingerprint density at radius 1 is 1.10 bits per heavy atom. The number of aromatic nitrogens is 1. The number of dihydropyridines is 1. The summed E-state index contributed by atoms with van der Waals surface area (Å²) in [5, 5.41) is 3.09. The van der Waals surface area contributed by atoms with E-state index in [1.54, 1.807) is 13.8 Å². The normalized spacial score (nSPS) is 13.9. The van der Waals surface area contributed by atoms with Crippen molar-refractivity contribution in [3.05, 3.63) is 52.6 Å². The van der Waals surface area contributed by atoms with Gasteiger partial charge in [0.15, 0.2) is 25.6 Å². The molecule has 0 fully saturated rings. The summed E-state index contributed by atoms with van der Waals surface area (Å²) >= 11 is 0. The van der Waals surface area contributed by atoms with Crippen LogP contribution >= 0.6 is 0 Å². The molecule has 1 aliphatic rings. The van der Waals surface area contributed by atoms with Crippen molar-refractivity contribution in [2.75, 3.05) is 13.2 Å². The highest BCUT2D eigenvalue weighted by molar-refractivity contribution is 5.99. The van der Waals surface area contributed by atoms with Crippen LogP contribution in [0.5, 0.6) is 0 Å². The minimum Gasteiger partial charge on any atom is -0.449 e. The predicted molar refractivity (Wildman–Crippen MR) is 112 cm³/mol. The first-order valence-electron chi connectivity index (χ1n) is 9.83. The first-order valence-corrected chi connectivity index (χ1v) is 9.83. The van der Waals surface area contributed by atoms with Crippen molar-refractivity contribution in [1.29, 1.82) is 0 Å². The van der Waals surface area contributed by atoms with E-state index in [-0.39, 0.29) is 13.2 Å². The Labute approximate surface area is 178 Å². The van der Waals surface area contributed by atoms with Crippen LogP contribution in [0.1, 0.15) is 45.1 Å². The third kappa shape index (κ3) is 5.30. The number of terminal acetylenes is 2. The standard InChI is InChI=1S/C24H26N2O4/c1-6-9-12-26-13-10-11-19(16-26)22-20(23(27)29-14-7-2)17(4)25-18(5)21(22)24(28)30-15-8-3/h2-3,10-11,13,16,22H,6,9,12,14-15H2,1,4-5H3/p+1. The first-order chi connectivity index (χ1) is 14.4. The molecule has 0 atom stereocenters. The fourth-order valence-corrected chi connectivity index (χ4v) is 3.43. The van der Waals surface area contributed by atoms with Crippen molar-refractivity contribution >= 4 is 11.9 Å². The molecule has 6 heteroatoms. The Hall–Kier alpha value is -3.51. The lowest BCUT2D eigenvalue weighted by Crippen LogP contribution is -2.36. The third-order valence-electron chi connectivity index (χ3n) is 4.76. The quantitative estimate of drug-likeness (QED) is 0.407. The van der Waals surface area contributed by atoms with Gasteiger partial charge in [0.1, 0.15) is 6.54 Å². The molecule has 1 N–H and O–H groups in total. The number of nitrogens with zero attached hydrogens (tertiary/aromatic N) is 1. The fourth-order valence-electron chi connectivity index (χ4n) is 3.43. The maximum absolute atomic E-state index is 12.9. The summed E-state index contributed by atoms with van der Waals surface area (Å²) < 4.78 is 12.5. The lowest BCUT2D eigenvalue weighted by Gasteiger charge is -2.29. The summed E-state index contributed by atoms with van der Waals surface area (Å²) in [5.41, 5.74) is 2.59. The summed E-state index contributed by atoms with van der Waals surface area (Å²) in [5.74, 6) is 2.75. The van der Waals surface area contributed by atoms with Gasteiger partial charge >= 0.3 is 11.9 Å². The Kier molecular flexibility index (Phi) is 8.26. The van der Waals surface area contributed by atoms with Crippen molar-refractivity contribution in [2.24, 2.45) is 0 Å². The molecular formula is C24H27N2O4+. The van der Waals surface area contributed by atoms with Crippen molar-refractivity contribution in [1.82, 2.24) is 5.32 Å². The summed E-state index contributed by atoms with van der Waals surface area (Å²) in [7, 11) is 0. The maximum Gasteiger partial charge on any atom is 0.337 e. The van der Waals surface area contributed by atoms with Crippen LogP contribution in [0.25, 0.3) is 0 Å². The lowest BCUT2D eigenvalue weighted by atomic mass is 9.81. The number of carbonyl (C=O) groups is 2. The highest BCUT2D eigenvalue weighted by Gasteiger charge is 2.39. The third-order valence-corrected chi connectivity index (χ3v) is 4.76. The maximum atomic E-state index is 12.9. The number of hydrogen-bond acceptors (Lipinski definition) is 5. The van der Waals surface area contributed by atoms with E-state index in [2.05, 4.69) is 24.1 Å². The molecule has 2 heterocycles. The molecule has 0 amide bonds. The number of unbranched alkanes of at least 4 members (excludes halogenated alkanes) is 1. The van der Waals surface area contributed by atoms with Gasteiger partial charge in [0, 0.05) is 29.4 Å². The van der Waals surface area contributed by atoms with E-state index < -0.39 is 17.9 Å². The zero-order valence-electron chi connectivity index (χ0n) is 17.7. The summed E-state index contributed by atoms with van der Waals surface area (Å²) in [6, 6.07) is 3.77. The second kappa shape index (κ2) is 10.9. The van der Waals surface area contributed by atoms with Gasteiger partial charge in [-0.1, -0.05) is 25.2 Å². The van der Waals surface area contributed by atoms with Crippen molar-refractivity contribution in [3.63, 3.8) is 0 Å². The van der Waals surface area contributed by atoms with Gasteiger partial charge in [0.05, 0.1) is 17.1 Å². The molecule has 6 nitrogen and oxygen atoms in total. The van der Waals surface area contributed by atoms with E-state index in [1.807, 2.05) is 29.1 Å². The molecule has 30 heavy (non-hydrogen) atoms. The molecule has 0 spiro atoms. The number of esters is 2. The minimum absolute atomic E-state index is 0.160. The highest BCUT2D eigenvalue weighted by atomic mass is 16.5. The molecule has 0 bridgehead atoms. The van der Waals surface area contributed by atoms with Crippen molar-refractivity contribution in [3.8, 4) is 24.7 Å². The van der Waals surface area contributed by atoms with Gasteiger partial charge in [-0.15, -0.1) is 12.8 Å². The second-order valence-electron chi connectivity index (χ2n) is 6.92. The highest BCUT2D eigenvalue weighted by Crippen LogP contribution is 2.38. The van der Waals surface area contributed by atoms with Gasteiger partial charge in [-0.25, -0.2) is 14.2 Å². The number of rotatable bonds is 8. The number of allylic oxidation sites excluding steroid dienone is 2. The Bertz CT molecular complexity index is 908. The van der Waals surface area contributed by atoms with Crippen LogP contribution in [-0.2, 0) is 25.6 Å². The summed E-state index contributed by atoms with van der Waals surface area (Å²) in [4.78, 5) is 25.7. The van der Waals surface area contributed by atoms with E-state index >= 15 is 0 Å². The van der Waals surface area contributed by atoms with Crippen LogP contribution in [0.3, 0.4) is 0 Å². The molecule has 2 rings (SSSR count). The zero-order chi connectivity index (χ0) is 22.1. The minimum atomic E-state index is -0.670. The molecule has 1 aromatic rings. The first kappa shape index (κ1) is 22.8. The zero-order valence-corrected chi connectivity index (χ0v) is 17.7. The molecule has 0 unspecified atom stereocenters. The van der Waals surface area contributed by atoms with Gasteiger partial charge in [0.25, 0.3) is 0 Å². The van der Waals surface area contributed by atoms with Gasteiger partial charge < -0.3 is 14.8 Å². The lowest BCUT2D eigenvalue weighted by molar-refractivity contribution is -0.697. The number of ether oxygens (including phenoxy) is 2. The van der Waals surface area contributed by atoms with Crippen LogP contribution in [0.4, 0.5) is 0 Å². The molecule has 0 radical (unpaired) electrons. The molecule has 1 aliphatic heterocycles. The average Bonchev–Trinajstić information content (AvgIpc) is 2.74. The van der Waals surface area contributed by atoms with Gasteiger partial charge in [-0.3, -0.25) is 0 Å². The Balaban J connectivity index is 2.58. The van der Waals surface area contributed by atoms with Crippen LogP contribution in [0.15, 0.2) is 47.1 Å². The monoisotopic (exact) mass is 407 g/mol. The largest absolute Gasteiger partial charge is 0.449 e. The van der Waals surface area contributed by atoms with E-state index in [4.69, 9.17) is 22.3 Å². The van der Waals surface area contributed by atoms with Gasteiger partial charge in [-0.05, 0) is 19.9 Å². The molecule has 156 valence electrons. The molecule has 0 saturated carbocycles. The number of nitrogens with one attached hydrogen (secondary N) is 1. The molecule has 1 aromatic heterocycles. The van der Waals surface area contributed by atoms with Crippen molar-refractivity contribution in [2.45, 2.75) is 46.1 Å². The van der Waals surface area contributed by atoms with Crippen LogP contribution in [-0.4, -0.2) is 25.2 Å². The van der Waals surface area contributed by atoms with Crippen LogP contribution < -0.4 is 9.88 Å². The fraction of sp³-hybridized carbons (Fsp3) is 0.375. The van der Waals surface area contributed by atoms with Gasteiger partial charge in [-0.2, -0.15) is 0 Å². The number of hydrogen-bond donors (Lipinski definition) is 1. The second-order valence-corrected chi connectivity index (χ2v) is 6.92. The van der Waals surface area contributed by atoms with E-state index in [0.29, 0.717) is 22.5 Å². The predicted octanol–water partition coefficient (Wildman–Crippen LogP) is 2.36. The molecule has 0 aliphatic carbocycles. The Morgan fingerprint density at radius 3 is 2.17 bits per heavy atom. The topological polar surface area (TPSA) is 68.5 Å². The Morgan fingerprint density at radius 2 is 1.67 bits per heavy atom. The van der Waals surface area contributed by atoms with Crippen LogP contribution in [0.2, 0.25) is 0 Å².